The third-order valence-corrected chi connectivity index (χ3v) is 2.32. The molecule has 1 rings (SSSR count). The van der Waals surface area contributed by atoms with Crippen molar-refractivity contribution in [3.05, 3.63) is 18.2 Å². The molecule has 0 spiro atoms. The summed E-state index contributed by atoms with van der Waals surface area (Å²) in [5.74, 6) is -0.0778. The number of nitrogens with one attached hydrogen (secondary N) is 2. The maximum absolute atomic E-state index is 11.3. The largest absolute Gasteiger partial charge is 0.494 e. The third-order valence-electron chi connectivity index (χ3n) is 2.32. The first kappa shape index (κ1) is 14.5. The SMILES string of the molecule is CCC(=O)Nc1ccc(NC(=O)CC#N)cc1OC. The summed E-state index contributed by atoms with van der Waals surface area (Å²) in [5, 5.41) is 13.6. The van der Waals surface area contributed by atoms with Gasteiger partial charge < -0.3 is 15.4 Å². The van der Waals surface area contributed by atoms with Crippen LogP contribution in [-0.4, -0.2) is 18.9 Å². The molecule has 6 heteroatoms. The van der Waals surface area contributed by atoms with Crippen LogP contribution in [0.3, 0.4) is 0 Å². The minimum Gasteiger partial charge on any atom is -0.494 e. The number of anilines is 2. The average Bonchev–Trinajstić information content (AvgIpc) is 2.40. The van der Waals surface area contributed by atoms with Gasteiger partial charge in [0, 0.05) is 18.2 Å². The van der Waals surface area contributed by atoms with E-state index in [9.17, 15) is 9.59 Å². The van der Waals surface area contributed by atoms with E-state index in [0.717, 1.165) is 0 Å². The van der Waals surface area contributed by atoms with Gasteiger partial charge in [0.25, 0.3) is 0 Å². The predicted octanol–water partition coefficient (Wildman–Crippen LogP) is 1.90. The van der Waals surface area contributed by atoms with Crippen LogP contribution in [0.2, 0.25) is 0 Å². The van der Waals surface area contributed by atoms with Crippen molar-refractivity contribution in [1.82, 2.24) is 0 Å². The lowest BCUT2D eigenvalue weighted by Crippen LogP contribution is -2.12. The maximum Gasteiger partial charge on any atom is 0.238 e. The minimum absolute atomic E-state index is 0.125. The van der Waals surface area contributed by atoms with E-state index in [0.29, 0.717) is 23.5 Å². The normalized spacial score (nSPS) is 9.32. The number of methoxy groups -OCH3 is 1. The van der Waals surface area contributed by atoms with Gasteiger partial charge in [0.05, 0.1) is 18.9 Å². The van der Waals surface area contributed by atoms with Gasteiger partial charge in [-0.2, -0.15) is 5.26 Å². The second-order valence-electron chi connectivity index (χ2n) is 3.70. The molecule has 0 aliphatic carbocycles. The van der Waals surface area contributed by atoms with Gasteiger partial charge in [0.2, 0.25) is 11.8 Å². The van der Waals surface area contributed by atoms with E-state index in [-0.39, 0.29) is 12.3 Å². The molecule has 2 amide bonds. The molecule has 0 bridgehead atoms. The Balaban J connectivity index is 2.87. The van der Waals surface area contributed by atoms with Gasteiger partial charge in [0.1, 0.15) is 12.2 Å². The van der Waals surface area contributed by atoms with Crippen molar-refractivity contribution in [2.75, 3.05) is 17.7 Å². The first-order chi connectivity index (χ1) is 9.10. The Bertz CT molecular complexity index is 520. The Kier molecular flexibility index (Phi) is 5.35. The van der Waals surface area contributed by atoms with Crippen LogP contribution in [0.1, 0.15) is 19.8 Å². The standard InChI is InChI=1S/C13H15N3O3/c1-3-12(17)16-10-5-4-9(8-11(10)19-2)15-13(18)6-7-14/h4-5,8H,3,6H2,1-2H3,(H,15,18)(H,16,17). The summed E-state index contributed by atoms with van der Waals surface area (Å²) in [7, 11) is 1.47. The quantitative estimate of drug-likeness (QED) is 0.846. The first-order valence-corrected chi connectivity index (χ1v) is 5.75. The van der Waals surface area contributed by atoms with Gasteiger partial charge in [-0.25, -0.2) is 0 Å². The first-order valence-electron chi connectivity index (χ1n) is 5.75. The van der Waals surface area contributed by atoms with Gasteiger partial charge in [-0.15, -0.1) is 0 Å². The maximum atomic E-state index is 11.3. The van der Waals surface area contributed by atoms with E-state index in [4.69, 9.17) is 10.00 Å². The highest BCUT2D eigenvalue weighted by Gasteiger charge is 2.08. The van der Waals surface area contributed by atoms with Crippen LogP contribution in [-0.2, 0) is 9.59 Å². The van der Waals surface area contributed by atoms with Gasteiger partial charge in [-0.05, 0) is 12.1 Å². The van der Waals surface area contributed by atoms with Crippen molar-refractivity contribution in [3.63, 3.8) is 0 Å². The minimum atomic E-state index is -0.394. The number of amides is 2. The summed E-state index contributed by atoms with van der Waals surface area (Å²) < 4.78 is 5.14. The molecule has 0 saturated carbocycles. The summed E-state index contributed by atoms with van der Waals surface area (Å²) in [6.07, 6.45) is 0.153. The number of rotatable bonds is 5. The van der Waals surface area contributed by atoms with Crippen LogP contribution in [0, 0.1) is 11.3 Å². The van der Waals surface area contributed by atoms with Crippen molar-refractivity contribution in [1.29, 1.82) is 5.26 Å². The molecule has 100 valence electrons. The van der Waals surface area contributed by atoms with E-state index < -0.39 is 5.91 Å². The number of ether oxygens (including phenoxy) is 1. The van der Waals surface area contributed by atoms with Gasteiger partial charge in [0.15, 0.2) is 0 Å². The number of hydrogen-bond donors (Lipinski definition) is 2. The molecule has 6 nitrogen and oxygen atoms in total. The summed E-state index contributed by atoms with van der Waals surface area (Å²) in [6.45, 7) is 1.75. The van der Waals surface area contributed by atoms with E-state index in [1.54, 1.807) is 31.2 Å². The Morgan fingerprint density at radius 1 is 1.32 bits per heavy atom. The lowest BCUT2D eigenvalue weighted by molar-refractivity contribution is -0.116. The third kappa shape index (κ3) is 4.32. The Morgan fingerprint density at radius 3 is 2.63 bits per heavy atom. The van der Waals surface area contributed by atoms with Crippen molar-refractivity contribution in [3.8, 4) is 11.8 Å². The molecule has 0 atom stereocenters. The molecule has 0 unspecified atom stereocenters. The Labute approximate surface area is 111 Å². The Hall–Kier alpha value is -2.55. The smallest absolute Gasteiger partial charge is 0.238 e. The predicted molar refractivity (Wildman–Crippen MR) is 70.8 cm³/mol. The molecule has 0 aliphatic heterocycles. The number of nitrogens with zero attached hydrogens (tertiary/aromatic N) is 1. The number of carbonyl (C=O) groups is 2. The van der Waals surface area contributed by atoms with Gasteiger partial charge in [-0.1, -0.05) is 6.92 Å². The van der Waals surface area contributed by atoms with Crippen molar-refractivity contribution >= 4 is 23.2 Å². The Morgan fingerprint density at radius 2 is 2.05 bits per heavy atom. The average molecular weight is 261 g/mol. The van der Waals surface area contributed by atoms with E-state index in [2.05, 4.69) is 10.6 Å². The van der Waals surface area contributed by atoms with Crippen molar-refractivity contribution in [2.24, 2.45) is 0 Å². The molecule has 1 aromatic rings. The summed E-state index contributed by atoms with van der Waals surface area (Å²) in [4.78, 5) is 22.6. The fourth-order valence-corrected chi connectivity index (χ4v) is 1.39. The number of nitriles is 1. The molecular formula is C13H15N3O3. The monoisotopic (exact) mass is 261 g/mol. The topological polar surface area (TPSA) is 91.2 Å². The second kappa shape index (κ2) is 7.01. The fourth-order valence-electron chi connectivity index (χ4n) is 1.39. The number of carbonyl (C=O) groups excluding carboxylic acids is 2. The summed E-state index contributed by atoms with van der Waals surface area (Å²) in [6, 6.07) is 6.61. The molecule has 0 saturated heterocycles. The lowest BCUT2D eigenvalue weighted by Gasteiger charge is -2.11. The molecular weight excluding hydrogens is 246 g/mol. The summed E-state index contributed by atoms with van der Waals surface area (Å²) >= 11 is 0. The molecule has 1 aromatic carbocycles. The second-order valence-corrected chi connectivity index (χ2v) is 3.70. The molecule has 0 heterocycles. The van der Waals surface area contributed by atoms with Crippen LogP contribution >= 0.6 is 0 Å². The number of benzene rings is 1. The van der Waals surface area contributed by atoms with Gasteiger partial charge >= 0.3 is 0 Å². The van der Waals surface area contributed by atoms with Crippen LogP contribution in [0.15, 0.2) is 18.2 Å². The van der Waals surface area contributed by atoms with Crippen LogP contribution in [0.25, 0.3) is 0 Å². The highest BCUT2D eigenvalue weighted by molar-refractivity contribution is 5.95. The highest BCUT2D eigenvalue weighted by atomic mass is 16.5. The fraction of sp³-hybridized carbons (Fsp3) is 0.308. The highest BCUT2D eigenvalue weighted by Crippen LogP contribution is 2.28. The van der Waals surface area contributed by atoms with Crippen LogP contribution in [0.4, 0.5) is 11.4 Å². The molecule has 0 fully saturated rings. The molecule has 2 N–H and O–H groups in total. The molecule has 0 aliphatic rings. The zero-order valence-electron chi connectivity index (χ0n) is 10.8. The molecule has 0 aromatic heterocycles. The van der Waals surface area contributed by atoms with Gasteiger partial charge in [-0.3, -0.25) is 9.59 Å². The van der Waals surface area contributed by atoms with Crippen LogP contribution in [0.5, 0.6) is 5.75 Å². The zero-order chi connectivity index (χ0) is 14.3. The van der Waals surface area contributed by atoms with E-state index >= 15 is 0 Å². The van der Waals surface area contributed by atoms with Crippen LogP contribution < -0.4 is 15.4 Å². The summed E-state index contributed by atoms with van der Waals surface area (Å²) in [5.41, 5.74) is 1.04. The van der Waals surface area contributed by atoms with E-state index in [1.165, 1.54) is 7.11 Å². The number of hydrogen-bond acceptors (Lipinski definition) is 4. The van der Waals surface area contributed by atoms with Crippen molar-refractivity contribution in [2.45, 2.75) is 19.8 Å². The van der Waals surface area contributed by atoms with E-state index in [1.807, 2.05) is 0 Å². The van der Waals surface area contributed by atoms with Crippen molar-refractivity contribution < 1.29 is 14.3 Å². The molecule has 19 heavy (non-hydrogen) atoms. The zero-order valence-corrected chi connectivity index (χ0v) is 10.8. The molecule has 0 radical (unpaired) electrons. The lowest BCUT2D eigenvalue weighted by atomic mass is 10.2.